The normalized spacial score (nSPS) is 14.8. The zero-order valence-electron chi connectivity index (χ0n) is 22.2. The first kappa shape index (κ1) is 31.6. The van der Waals surface area contributed by atoms with Crippen molar-refractivity contribution in [1.82, 2.24) is 21.3 Å². The monoisotopic (exact) mass is 552 g/mol. The highest BCUT2D eigenvalue weighted by Gasteiger charge is 2.25. The number of aldehydes is 1. The maximum Gasteiger partial charge on any atom is 0.248 e. The van der Waals surface area contributed by atoms with Crippen molar-refractivity contribution >= 4 is 36.6 Å². The van der Waals surface area contributed by atoms with Gasteiger partial charge in [0.2, 0.25) is 5.91 Å². The highest BCUT2D eigenvalue weighted by atomic mass is 32.2. The summed E-state index contributed by atoms with van der Waals surface area (Å²) in [4.78, 5) is 22.1. The van der Waals surface area contributed by atoms with Crippen LogP contribution < -0.4 is 21.3 Å². The minimum Gasteiger partial charge on any atom is -0.347 e. The van der Waals surface area contributed by atoms with Crippen molar-refractivity contribution in [3.63, 3.8) is 0 Å². The number of amides is 1. The van der Waals surface area contributed by atoms with Gasteiger partial charge in [0, 0.05) is 30.3 Å². The minimum atomic E-state index is -0.108. The number of nitrogens with one attached hydrogen (secondary N) is 4. The van der Waals surface area contributed by atoms with Gasteiger partial charge in [-0.15, -0.1) is 24.4 Å². The van der Waals surface area contributed by atoms with E-state index in [2.05, 4.69) is 70.3 Å². The number of thiol groups is 1. The first-order chi connectivity index (χ1) is 18.6. The van der Waals surface area contributed by atoms with Crippen LogP contribution >= 0.6 is 24.4 Å². The summed E-state index contributed by atoms with van der Waals surface area (Å²) < 4.78 is 0. The van der Waals surface area contributed by atoms with Crippen molar-refractivity contribution in [3.05, 3.63) is 90.5 Å². The number of benzene rings is 3. The lowest BCUT2D eigenvalue weighted by atomic mass is 10.0. The van der Waals surface area contributed by atoms with Gasteiger partial charge < -0.3 is 20.7 Å². The summed E-state index contributed by atoms with van der Waals surface area (Å²) in [6.45, 7) is 5.12. The molecule has 38 heavy (non-hydrogen) atoms. The highest BCUT2D eigenvalue weighted by Crippen LogP contribution is 2.20. The van der Waals surface area contributed by atoms with Gasteiger partial charge >= 0.3 is 0 Å². The van der Waals surface area contributed by atoms with Crippen molar-refractivity contribution in [3.8, 4) is 11.1 Å². The Kier molecular flexibility index (Phi) is 16.2. The quantitative estimate of drug-likeness (QED) is 0.144. The number of thioether (sulfide) groups is 1. The molecule has 3 aromatic carbocycles. The van der Waals surface area contributed by atoms with Crippen LogP contribution in [0.25, 0.3) is 11.1 Å². The summed E-state index contributed by atoms with van der Waals surface area (Å²) in [7, 11) is 1.95. The number of likely N-dealkylation sites (N-methyl/N-ethyl adjacent to an activating group) is 1. The van der Waals surface area contributed by atoms with Crippen LogP contribution in [0.3, 0.4) is 0 Å². The van der Waals surface area contributed by atoms with Crippen molar-refractivity contribution in [1.29, 1.82) is 0 Å². The molecule has 0 spiro atoms. The first-order valence-electron chi connectivity index (χ1n) is 12.9. The Morgan fingerprint density at radius 1 is 0.974 bits per heavy atom. The molecule has 8 heteroatoms. The molecule has 204 valence electrons. The Hall–Kier alpha value is -2.62. The molecule has 0 radical (unpaired) electrons. The zero-order chi connectivity index (χ0) is 27.4. The number of carbonyl (C=O) groups is 2. The van der Waals surface area contributed by atoms with E-state index in [1.807, 2.05) is 55.6 Å². The van der Waals surface area contributed by atoms with Crippen molar-refractivity contribution in [2.75, 3.05) is 39.0 Å². The van der Waals surface area contributed by atoms with E-state index in [1.54, 1.807) is 11.8 Å². The molecule has 0 bridgehead atoms. The Bertz CT molecular complexity index is 1030. The summed E-state index contributed by atoms with van der Waals surface area (Å²) in [6, 6.07) is 28.7. The molecule has 1 saturated heterocycles. The number of hydrogen-bond donors (Lipinski definition) is 5. The summed E-state index contributed by atoms with van der Waals surface area (Å²) in [5.74, 6) is 1.09. The Morgan fingerprint density at radius 3 is 2.16 bits per heavy atom. The van der Waals surface area contributed by atoms with Crippen LogP contribution in [0, 0.1) is 0 Å². The molecule has 6 nitrogen and oxygen atoms in total. The largest absolute Gasteiger partial charge is 0.347 e. The molecule has 1 aliphatic heterocycles. The van der Waals surface area contributed by atoms with Gasteiger partial charge in [-0.3, -0.25) is 10.1 Å². The molecule has 0 saturated carbocycles. The fourth-order valence-electron chi connectivity index (χ4n) is 3.72. The van der Waals surface area contributed by atoms with Crippen LogP contribution in [0.5, 0.6) is 0 Å². The van der Waals surface area contributed by atoms with E-state index < -0.39 is 0 Å². The molecule has 1 aliphatic rings. The Morgan fingerprint density at radius 2 is 1.58 bits per heavy atom. The summed E-state index contributed by atoms with van der Waals surface area (Å²) >= 11 is 5.92. The van der Waals surface area contributed by atoms with Gasteiger partial charge in [0.15, 0.2) is 0 Å². The average molecular weight is 553 g/mol. The predicted molar refractivity (Wildman–Crippen MR) is 164 cm³/mol. The lowest BCUT2D eigenvalue weighted by Gasteiger charge is -2.21. The molecular formula is C30H40N4O2S2. The molecule has 0 aliphatic carbocycles. The SMILES string of the molecule is CC=O.CNCCNCCC(NC(=O)C1NCCS1)c1ccccc1.Sc1ccc(-c2ccccc2)cc1. The fourth-order valence-corrected chi connectivity index (χ4v) is 4.79. The lowest BCUT2D eigenvalue weighted by Crippen LogP contribution is -2.41. The molecule has 4 N–H and O–H groups in total. The van der Waals surface area contributed by atoms with Gasteiger partial charge in [0.25, 0.3) is 0 Å². The fraction of sp³-hybridized carbons (Fsp3) is 0.333. The minimum absolute atomic E-state index is 0.0544. The molecule has 1 amide bonds. The maximum atomic E-state index is 12.3. The van der Waals surface area contributed by atoms with E-state index >= 15 is 0 Å². The number of carbonyl (C=O) groups excluding carboxylic acids is 2. The van der Waals surface area contributed by atoms with Crippen LogP contribution in [0.4, 0.5) is 0 Å². The topological polar surface area (TPSA) is 82.3 Å². The van der Waals surface area contributed by atoms with Gasteiger partial charge in [0.05, 0.1) is 6.04 Å². The van der Waals surface area contributed by atoms with Crippen LogP contribution in [0.15, 0.2) is 89.8 Å². The third-order valence-electron chi connectivity index (χ3n) is 5.61. The van der Waals surface area contributed by atoms with Gasteiger partial charge in [-0.2, -0.15) is 0 Å². The third kappa shape index (κ3) is 12.3. The Balaban J connectivity index is 0.000000267. The molecule has 1 heterocycles. The van der Waals surface area contributed by atoms with Crippen LogP contribution in [0.2, 0.25) is 0 Å². The molecule has 4 rings (SSSR count). The van der Waals surface area contributed by atoms with E-state index in [0.29, 0.717) is 0 Å². The van der Waals surface area contributed by atoms with Crippen molar-refractivity contribution < 1.29 is 9.59 Å². The highest BCUT2D eigenvalue weighted by molar-refractivity contribution is 8.00. The second kappa shape index (κ2) is 19.4. The van der Waals surface area contributed by atoms with E-state index in [9.17, 15) is 4.79 Å². The van der Waals surface area contributed by atoms with Crippen molar-refractivity contribution in [2.45, 2.75) is 29.7 Å². The van der Waals surface area contributed by atoms with Crippen LogP contribution in [0.1, 0.15) is 24.9 Å². The predicted octanol–water partition coefficient (Wildman–Crippen LogP) is 4.55. The molecule has 0 aromatic heterocycles. The van der Waals surface area contributed by atoms with Crippen LogP contribution in [-0.4, -0.2) is 56.5 Å². The molecule has 1 fully saturated rings. The summed E-state index contributed by atoms with van der Waals surface area (Å²) in [5.41, 5.74) is 3.64. The van der Waals surface area contributed by atoms with E-state index in [1.165, 1.54) is 18.1 Å². The maximum absolute atomic E-state index is 12.3. The standard InChI is InChI=1S/C16H26N4OS.C12H10S.C2H4O/c1-17-9-10-18-8-7-14(13-5-3-2-4-6-13)20-15(21)16-19-11-12-22-16;13-12-8-6-11(7-9-12)10-4-2-1-3-5-10;1-2-3/h2-6,14,16-19H,7-12H2,1H3,(H,20,21);1-9,13H;2H,1H3. The molecular weight excluding hydrogens is 512 g/mol. The van der Waals surface area contributed by atoms with Gasteiger partial charge in [-0.05, 0) is 55.8 Å². The van der Waals surface area contributed by atoms with E-state index in [0.717, 1.165) is 55.1 Å². The van der Waals surface area contributed by atoms with Gasteiger partial charge in [-0.1, -0.05) is 72.8 Å². The molecule has 3 aromatic rings. The van der Waals surface area contributed by atoms with Crippen LogP contribution in [-0.2, 0) is 9.59 Å². The number of hydrogen-bond acceptors (Lipinski definition) is 7. The zero-order valence-corrected chi connectivity index (χ0v) is 23.9. The Labute approximate surface area is 237 Å². The van der Waals surface area contributed by atoms with Crippen molar-refractivity contribution in [2.24, 2.45) is 0 Å². The molecule has 2 unspecified atom stereocenters. The second-order valence-corrected chi connectivity index (χ2v) is 10.2. The summed E-state index contributed by atoms with van der Waals surface area (Å²) in [5, 5.41) is 12.8. The lowest BCUT2D eigenvalue weighted by molar-refractivity contribution is -0.121. The average Bonchev–Trinajstić information content (AvgIpc) is 3.50. The van der Waals surface area contributed by atoms with E-state index in [-0.39, 0.29) is 17.3 Å². The van der Waals surface area contributed by atoms with Gasteiger partial charge in [-0.25, -0.2) is 0 Å². The second-order valence-electron chi connectivity index (χ2n) is 8.47. The third-order valence-corrected chi connectivity index (χ3v) is 7.06. The summed E-state index contributed by atoms with van der Waals surface area (Å²) in [6.07, 6.45) is 1.64. The van der Waals surface area contributed by atoms with E-state index in [4.69, 9.17) is 4.79 Å². The molecule has 2 atom stereocenters. The number of rotatable bonds is 10. The van der Waals surface area contributed by atoms with Gasteiger partial charge in [0.1, 0.15) is 11.7 Å². The smallest absolute Gasteiger partial charge is 0.248 e. The first-order valence-corrected chi connectivity index (χ1v) is 14.4.